The number of nitrogens with zero attached hydrogens (tertiary/aromatic N) is 4. The molecule has 2 saturated heterocycles. The van der Waals surface area contributed by atoms with Gasteiger partial charge < -0.3 is 15.1 Å². The van der Waals surface area contributed by atoms with Crippen LogP contribution in [0.3, 0.4) is 0 Å². The molecule has 13 heteroatoms. The summed E-state index contributed by atoms with van der Waals surface area (Å²) < 4.78 is 62.0. The van der Waals surface area contributed by atoms with Crippen molar-refractivity contribution in [3.63, 3.8) is 0 Å². The highest BCUT2D eigenvalue weighted by Gasteiger charge is 2.45. The third kappa shape index (κ3) is 4.35. The molecule has 0 saturated carbocycles. The summed E-state index contributed by atoms with van der Waals surface area (Å²) in [6, 6.07) is 0.439. The zero-order valence-corrected chi connectivity index (χ0v) is 16.7. The molecule has 3 aliphatic heterocycles. The van der Waals surface area contributed by atoms with Crippen LogP contribution in [0.15, 0.2) is 17.5 Å². The summed E-state index contributed by atoms with van der Waals surface area (Å²) in [5.74, 6) is -0.402. The van der Waals surface area contributed by atoms with Crippen LogP contribution in [0.2, 0.25) is 0 Å². The number of alkyl halides is 3. The van der Waals surface area contributed by atoms with Crippen LogP contribution in [-0.4, -0.2) is 66.2 Å². The molecule has 1 aromatic rings. The number of hydrogen-bond donors (Lipinski definition) is 1. The molecule has 1 spiro atoms. The molecule has 2 atom stereocenters. The van der Waals surface area contributed by atoms with Crippen molar-refractivity contribution in [3.8, 4) is 0 Å². The fourth-order valence-corrected chi connectivity index (χ4v) is 5.68. The maximum atomic E-state index is 13.0. The van der Waals surface area contributed by atoms with Gasteiger partial charge in [0.25, 0.3) is 5.91 Å². The van der Waals surface area contributed by atoms with Gasteiger partial charge in [-0.15, -0.1) is 0 Å². The van der Waals surface area contributed by atoms with Gasteiger partial charge in [-0.25, -0.2) is 18.4 Å². The summed E-state index contributed by atoms with van der Waals surface area (Å²) in [5.41, 5.74) is -1.71. The molecule has 4 rings (SSSR count). The molecule has 9 nitrogen and oxygen atoms in total. The van der Waals surface area contributed by atoms with E-state index < -0.39 is 39.3 Å². The summed E-state index contributed by atoms with van der Waals surface area (Å²) >= 11 is 0. The van der Waals surface area contributed by atoms with E-state index in [1.165, 1.54) is 0 Å². The van der Waals surface area contributed by atoms with Crippen molar-refractivity contribution in [2.24, 2.45) is 5.16 Å². The molecule has 1 aromatic heterocycles. The maximum absolute atomic E-state index is 13.0. The second-order valence-corrected chi connectivity index (χ2v) is 10.1. The Morgan fingerprint density at radius 1 is 1.33 bits per heavy atom. The van der Waals surface area contributed by atoms with Gasteiger partial charge in [0.1, 0.15) is 23.6 Å². The second-order valence-electron chi connectivity index (χ2n) is 7.85. The van der Waals surface area contributed by atoms with Crippen molar-refractivity contribution in [1.82, 2.24) is 15.3 Å². The van der Waals surface area contributed by atoms with Crippen molar-refractivity contribution in [1.29, 1.82) is 0 Å². The van der Waals surface area contributed by atoms with E-state index in [-0.39, 0.29) is 36.0 Å². The number of aromatic nitrogens is 2. The summed E-state index contributed by atoms with van der Waals surface area (Å²) in [6.07, 6.45) is -1.95. The van der Waals surface area contributed by atoms with Crippen molar-refractivity contribution in [3.05, 3.63) is 18.1 Å². The average Bonchev–Trinajstić information content (AvgIpc) is 3.24. The van der Waals surface area contributed by atoms with Crippen LogP contribution in [-0.2, 0) is 25.6 Å². The zero-order valence-electron chi connectivity index (χ0n) is 15.9. The number of nitrogens with one attached hydrogen (secondary N) is 1. The molecule has 0 aromatic carbocycles. The number of piperidine rings is 1. The number of amides is 1. The third-order valence-electron chi connectivity index (χ3n) is 5.48. The topological polar surface area (TPSA) is 114 Å². The summed E-state index contributed by atoms with van der Waals surface area (Å²) in [5, 5.41) is 6.57. The molecule has 3 aliphatic rings. The molecule has 0 aliphatic carbocycles. The Bertz CT molecular complexity index is 984. The molecular formula is C17H20F3N5O4S. The van der Waals surface area contributed by atoms with Crippen LogP contribution in [0.25, 0.3) is 0 Å². The Kier molecular flexibility index (Phi) is 5.11. The molecular weight excluding hydrogens is 427 g/mol. The van der Waals surface area contributed by atoms with E-state index in [0.29, 0.717) is 25.8 Å². The van der Waals surface area contributed by atoms with Crippen LogP contribution in [0.5, 0.6) is 0 Å². The van der Waals surface area contributed by atoms with Gasteiger partial charge in [0.2, 0.25) is 0 Å². The summed E-state index contributed by atoms with van der Waals surface area (Å²) in [6.45, 7) is 0.709. The van der Waals surface area contributed by atoms with E-state index in [2.05, 4.69) is 20.4 Å². The van der Waals surface area contributed by atoms with Gasteiger partial charge in [0.15, 0.2) is 15.4 Å². The Hall–Kier alpha value is -2.44. The Balaban J connectivity index is 1.41. The predicted molar refractivity (Wildman–Crippen MR) is 99.6 cm³/mol. The van der Waals surface area contributed by atoms with Crippen molar-refractivity contribution < 1.29 is 31.2 Å². The smallest absolute Gasteiger partial charge is 0.386 e. The van der Waals surface area contributed by atoms with Crippen LogP contribution in [0, 0.1) is 0 Å². The number of hydrogen-bond acceptors (Lipinski definition) is 8. The molecule has 4 heterocycles. The van der Waals surface area contributed by atoms with Gasteiger partial charge in [0, 0.05) is 25.1 Å². The molecule has 1 amide bonds. The minimum absolute atomic E-state index is 0.0403. The van der Waals surface area contributed by atoms with Gasteiger partial charge >= 0.3 is 6.18 Å². The van der Waals surface area contributed by atoms with Crippen LogP contribution in [0.4, 0.5) is 19.0 Å². The maximum Gasteiger partial charge on any atom is 0.433 e. The minimum Gasteiger partial charge on any atom is -0.386 e. The molecule has 1 N–H and O–H groups in total. The molecule has 30 heavy (non-hydrogen) atoms. The van der Waals surface area contributed by atoms with Gasteiger partial charge in [-0.2, -0.15) is 13.2 Å². The number of sulfone groups is 1. The first kappa shape index (κ1) is 20.8. The predicted octanol–water partition coefficient (Wildman–Crippen LogP) is 0.914. The third-order valence-corrected chi connectivity index (χ3v) is 7.24. The number of carbonyl (C=O) groups excluding carboxylic acids is 1. The molecule has 0 unspecified atom stereocenters. The van der Waals surface area contributed by atoms with Crippen LogP contribution in [0.1, 0.15) is 31.4 Å². The van der Waals surface area contributed by atoms with Gasteiger partial charge in [0.05, 0.1) is 18.1 Å². The lowest BCUT2D eigenvalue weighted by Crippen LogP contribution is -2.49. The number of oxime groups is 1. The lowest BCUT2D eigenvalue weighted by Gasteiger charge is -2.38. The highest BCUT2D eigenvalue weighted by atomic mass is 32.2. The Morgan fingerprint density at radius 3 is 2.83 bits per heavy atom. The second kappa shape index (κ2) is 7.36. The highest BCUT2D eigenvalue weighted by Crippen LogP contribution is 2.36. The van der Waals surface area contributed by atoms with E-state index in [4.69, 9.17) is 4.84 Å². The van der Waals surface area contributed by atoms with E-state index in [0.717, 1.165) is 12.4 Å². The van der Waals surface area contributed by atoms with Crippen molar-refractivity contribution in [2.75, 3.05) is 29.5 Å². The SMILES string of the molecule is O=C(N[C@H]1CCS(=O)(=O)C1)C1=NO[C@]2(CCCN(c3cc(C(F)(F)F)ncn3)C2)C1. The number of halogens is 3. The largest absolute Gasteiger partial charge is 0.433 e. The highest BCUT2D eigenvalue weighted by molar-refractivity contribution is 7.91. The quantitative estimate of drug-likeness (QED) is 0.733. The normalized spacial score (nSPS) is 28.3. The Labute approximate surface area is 170 Å². The standard InChI is InChI=1S/C17H20F3N5O4S/c18-17(19,20)13-6-14(22-10-21-13)25-4-1-3-16(9-25)7-12(24-29-16)15(26)23-11-2-5-30(27,28)8-11/h6,10-11H,1-5,7-9H2,(H,23,26)/t11-,16+/m0/s1. The first-order valence-electron chi connectivity index (χ1n) is 9.46. The van der Waals surface area contributed by atoms with Crippen LogP contribution < -0.4 is 10.2 Å². The van der Waals surface area contributed by atoms with Gasteiger partial charge in [-0.05, 0) is 19.3 Å². The van der Waals surface area contributed by atoms with Crippen molar-refractivity contribution in [2.45, 2.75) is 43.5 Å². The number of carbonyl (C=O) groups is 1. The lowest BCUT2D eigenvalue weighted by molar-refractivity contribution is -0.141. The summed E-state index contributed by atoms with van der Waals surface area (Å²) in [7, 11) is -3.13. The van der Waals surface area contributed by atoms with Gasteiger partial charge in [-0.3, -0.25) is 4.79 Å². The van der Waals surface area contributed by atoms with E-state index in [1.807, 2.05) is 0 Å². The first-order chi connectivity index (χ1) is 14.1. The fraction of sp³-hybridized carbons (Fsp3) is 0.647. The van der Waals surface area contributed by atoms with Crippen molar-refractivity contribution >= 4 is 27.3 Å². The molecule has 0 bridgehead atoms. The first-order valence-corrected chi connectivity index (χ1v) is 11.3. The monoisotopic (exact) mass is 447 g/mol. The van der Waals surface area contributed by atoms with E-state index in [9.17, 15) is 26.4 Å². The molecule has 0 radical (unpaired) electrons. The zero-order chi connectivity index (χ0) is 21.6. The van der Waals surface area contributed by atoms with Gasteiger partial charge in [-0.1, -0.05) is 5.16 Å². The minimum atomic E-state index is -4.57. The molecule has 164 valence electrons. The van der Waals surface area contributed by atoms with E-state index >= 15 is 0 Å². The average molecular weight is 447 g/mol. The van der Waals surface area contributed by atoms with Crippen LogP contribution >= 0.6 is 0 Å². The Morgan fingerprint density at radius 2 is 2.13 bits per heavy atom. The fourth-order valence-electron chi connectivity index (χ4n) is 4.01. The number of rotatable bonds is 3. The number of anilines is 1. The van der Waals surface area contributed by atoms with E-state index in [1.54, 1.807) is 4.90 Å². The molecule has 2 fully saturated rings. The lowest BCUT2D eigenvalue weighted by atomic mass is 9.88. The summed E-state index contributed by atoms with van der Waals surface area (Å²) in [4.78, 5) is 26.9.